The van der Waals surface area contributed by atoms with Gasteiger partial charge in [0, 0.05) is 18.4 Å². The zero-order chi connectivity index (χ0) is 18.8. The molecule has 0 heterocycles. The first-order valence-corrected chi connectivity index (χ1v) is 9.69. The van der Waals surface area contributed by atoms with E-state index in [9.17, 15) is 14.7 Å². The molecule has 26 heavy (non-hydrogen) atoms. The van der Waals surface area contributed by atoms with E-state index >= 15 is 0 Å². The third kappa shape index (κ3) is 7.16. The number of carbonyl (C=O) groups is 2. The maximum Gasteiger partial charge on any atom is 0.239 e. The Morgan fingerprint density at radius 1 is 1.08 bits per heavy atom. The number of amides is 2. The molecule has 2 amide bonds. The summed E-state index contributed by atoms with van der Waals surface area (Å²) >= 11 is 0. The summed E-state index contributed by atoms with van der Waals surface area (Å²) < 4.78 is 0. The van der Waals surface area contributed by atoms with Crippen LogP contribution in [-0.2, 0) is 16.0 Å². The van der Waals surface area contributed by atoms with Crippen LogP contribution in [0.5, 0.6) is 0 Å². The van der Waals surface area contributed by atoms with Crippen LogP contribution in [0, 0.1) is 11.3 Å². The van der Waals surface area contributed by atoms with Crippen LogP contribution in [0.25, 0.3) is 0 Å². The highest BCUT2D eigenvalue weighted by atomic mass is 16.3. The fourth-order valence-electron chi connectivity index (χ4n) is 3.54. The van der Waals surface area contributed by atoms with Crippen molar-refractivity contribution in [3.05, 3.63) is 35.9 Å². The molecule has 0 radical (unpaired) electrons. The molecule has 2 rings (SSSR count). The van der Waals surface area contributed by atoms with Crippen LogP contribution in [0.1, 0.15) is 51.0 Å². The van der Waals surface area contributed by atoms with E-state index in [0.29, 0.717) is 25.3 Å². The fraction of sp³-hybridized carbons (Fsp3) is 0.619. The second kappa shape index (κ2) is 10.3. The lowest BCUT2D eigenvalue weighted by Gasteiger charge is -2.28. The SMILES string of the molecule is C[C@@](CO)(CNC(=O)CNC(=O)CC1CCCCC1)Cc1ccccc1. The molecule has 1 aromatic rings. The Hall–Kier alpha value is -1.88. The third-order valence-electron chi connectivity index (χ3n) is 5.21. The van der Waals surface area contributed by atoms with Crippen molar-refractivity contribution >= 4 is 11.8 Å². The topological polar surface area (TPSA) is 78.4 Å². The van der Waals surface area contributed by atoms with Gasteiger partial charge in [-0.25, -0.2) is 0 Å². The van der Waals surface area contributed by atoms with Gasteiger partial charge in [0.2, 0.25) is 11.8 Å². The van der Waals surface area contributed by atoms with Crippen molar-refractivity contribution in [1.82, 2.24) is 10.6 Å². The van der Waals surface area contributed by atoms with Gasteiger partial charge in [0.05, 0.1) is 13.2 Å². The number of rotatable bonds is 9. The van der Waals surface area contributed by atoms with Gasteiger partial charge in [0.25, 0.3) is 0 Å². The van der Waals surface area contributed by atoms with Gasteiger partial charge in [-0.05, 0) is 30.7 Å². The van der Waals surface area contributed by atoms with Gasteiger partial charge in [-0.1, -0.05) is 56.5 Å². The van der Waals surface area contributed by atoms with E-state index in [4.69, 9.17) is 0 Å². The first-order chi connectivity index (χ1) is 12.5. The number of aliphatic hydroxyl groups is 1. The first-order valence-electron chi connectivity index (χ1n) is 9.69. The Labute approximate surface area is 156 Å². The second-order valence-electron chi connectivity index (χ2n) is 7.89. The molecule has 144 valence electrons. The number of hydrogen-bond acceptors (Lipinski definition) is 3. The van der Waals surface area contributed by atoms with E-state index < -0.39 is 5.41 Å². The Morgan fingerprint density at radius 2 is 1.77 bits per heavy atom. The molecule has 0 unspecified atom stereocenters. The summed E-state index contributed by atoms with van der Waals surface area (Å²) in [5.41, 5.74) is 0.697. The predicted octanol–water partition coefficient (Wildman–Crippen LogP) is 2.43. The van der Waals surface area contributed by atoms with Crippen molar-refractivity contribution in [2.24, 2.45) is 11.3 Å². The quantitative estimate of drug-likeness (QED) is 0.633. The van der Waals surface area contributed by atoms with Crippen molar-refractivity contribution in [2.45, 2.75) is 51.9 Å². The van der Waals surface area contributed by atoms with Crippen LogP contribution < -0.4 is 10.6 Å². The summed E-state index contributed by atoms with van der Waals surface area (Å²) in [6.07, 6.45) is 7.13. The average molecular weight is 360 g/mol. The summed E-state index contributed by atoms with van der Waals surface area (Å²) in [5, 5.41) is 15.3. The highest BCUT2D eigenvalue weighted by Gasteiger charge is 2.25. The molecular weight excluding hydrogens is 328 g/mol. The van der Waals surface area contributed by atoms with Crippen LogP contribution in [0.4, 0.5) is 0 Å². The standard InChI is InChI=1S/C21H32N2O3/c1-21(16-24,13-18-10-6-3-7-11-18)15-23-20(26)14-22-19(25)12-17-8-4-2-5-9-17/h3,6-7,10-11,17,24H,2,4-5,8-9,12-16H2,1H3,(H,22,25)(H,23,26)/t21-/m0/s1. The lowest BCUT2D eigenvalue weighted by molar-refractivity contribution is -0.127. The molecule has 0 aromatic heterocycles. The van der Waals surface area contributed by atoms with E-state index in [2.05, 4.69) is 10.6 Å². The zero-order valence-electron chi connectivity index (χ0n) is 15.8. The summed E-state index contributed by atoms with van der Waals surface area (Å²) in [5.74, 6) is 0.214. The van der Waals surface area contributed by atoms with E-state index in [-0.39, 0.29) is 25.0 Å². The Bertz CT molecular complexity index is 570. The first kappa shape index (κ1) is 20.4. The van der Waals surface area contributed by atoms with E-state index in [1.54, 1.807) is 0 Å². The summed E-state index contributed by atoms with van der Waals surface area (Å²) in [4.78, 5) is 24.0. The van der Waals surface area contributed by atoms with Crippen LogP contribution >= 0.6 is 0 Å². The van der Waals surface area contributed by atoms with Gasteiger partial charge in [0.15, 0.2) is 0 Å². The molecule has 5 heteroatoms. The molecule has 0 aliphatic heterocycles. The van der Waals surface area contributed by atoms with Gasteiger partial charge in [0.1, 0.15) is 0 Å². The average Bonchev–Trinajstić information content (AvgIpc) is 2.66. The fourth-order valence-corrected chi connectivity index (χ4v) is 3.54. The zero-order valence-corrected chi connectivity index (χ0v) is 15.8. The van der Waals surface area contributed by atoms with Crippen molar-refractivity contribution < 1.29 is 14.7 Å². The molecule has 1 atom stereocenters. The summed E-state index contributed by atoms with van der Waals surface area (Å²) in [6.45, 7) is 2.30. The van der Waals surface area contributed by atoms with E-state index in [1.165, 1.54) is 19.3 Å². The van der Waals surface area contributed by atoms with Gasteiger partial charge in [-0.15, -0.1) is 0 Å². The normalized spacial score (nSPS) is 17.3. The lowest BCUT2D eigenvalue weighted by Crippen LogP contribution is -2.43. The van der Waals surface area contributed by atoms with Crippen LogP contribution in [0.2, 0.25) is 0 Å². The molecule has 0 spiro atoms. The summed E-state index contributed by atoms with van der Waals surface area (Å²) in [7, 11) is 0. The van der Waals surface area contributed by atoms with Gasteiger partial charge in [-0.3, -0.25) is 9.59 Å². The minimum atomic E-state index is -0.427. The third-order valence-corrected chi connectivity index (χ3v) is 5.21. The molecular formula is C21H32N2O3. The van der Waals surface area contributed by atoms with E-state index in [0.717, 1.165) is 18.4 Å². The number of nitrogens with one attached hydrogen (secondary N) is 2. The molecule has 1 aliphatic rings. The molecule has 0 bridgehead atoms. The maximum absolute atomic E-state index is 12.0. The van der Waals surface area contributed by atoms with Gasteiger partial charge >= 0.3 is 0 Å². The molecule has 1 fully saturated rings. The smallest absolute Gasteiger partial charge is 0.239 e. The van der Waals surface area contributed by atoms with E-state index in [1.807, 2.05) is 37.3 Å². The molecule has 1 saturated carbocycles. The Kier molecular flexibility index (Phi) is 8.10. The molecule has 3 N–H and O–H groups in total. The van der Waals surface area contributed by atoms with Gasteiger partial charge < -0.3 is 15.7 Å². The minimum absolute atomic E-state index is 0.00159. The number of aliphatic hydroxyl groups excluding tert-OH is 1. The number of carbonyl (C=O) groups excluding carboxylic acids is 2. The van der Waals surface area contributed by atoms with Crippen molar-refractivity contribution in [1.29, 1.82) is 0 Å². The molecule has 5 nitrogen and oxygen atoms in total. The van der Waals surface area contributed by atoms with Crippen LogP contribution in [-0.4, -0.2) is 36.6 Å². The molecule has 1 aliphatic carbocycles. The van der Waals surface area contributed by atoms with Crippen LogP contribution in [0.3, 0.4) is 0 Å². The predicted molar refractivity (Wildman–Crippen MR) is 103 cm³/mol. The molecule has 0 saturated heterocycles. The lowest BCUT2D eigenvalue weighted by atomic mass is 9.84. The van der Waals surface area contributed by atoms with Crippen LogP contribution in [0.15, 0.2) is 30.3 Å². The Morgan fingerprint density at radius 3 is 2.42 bits per heavy atom. The highest BCUT2D eigenvalue weighted by Crippen LogP contribution is 2.26. The van der Waals surface area contributed by atoms with Crippen molar-refractivity contribution in [2.75, 3.05) is 19.7 Å². The minimum Gasteiger partial charge on any atom is -0.396 e. The maximum atomic E-state index is 12.0. The van der Waals surface area contributed by atoms with Gasteiger partial charge in [-0.2, -0.15) is 0 Å². The Balaban J connectivity index is 1.69. The highest BCUT2D eigenvalue weighted by molar-refractivity contribution is 5.84. The number of hydrogen-bond donors (Lipinski definition) is 3. The monoisotopic (exact) mass is 360 g/mol. The number of benzene rings is 1. The summed E-state index contributed by atoms with van der Waals surface area (Å²) in [6, 6.07) is 9.92. The second-order valence-corrected chi connectivity index (χ2v) is 7.89. The largest absolute Gasteiger partial charge is 0.396 e. The van der Waals surface area contributed by atoms with Crippen molar-refractivity contribution in [3.63, 3.8) is 0 Å². The van der Waals surface area contributed by atoms with Crippen molar-refractivity contribution in [3.8, 4) is 0 Å². The molecule has 1 aromatic carbocycles.